The first-order valence-electron chi connectivity index (χ1n) is 10.2. The summed E-state index contributed by atoms with van der Waals surface area (Å²) in [6, 6.07) is 8.12. The Morgan fingerprint density at radius 1 is 1.29 bits per heavy atom. The summed E-state index contributed by atoms with van der Waals surface area (Å²) in [6.45, 7) is 7.58. The molecule has 1 atom stereocenters. The van der Waals surface area contributed by atoms with E-state index in [0.29, 0.717) is 19.1 Å². The smallest absolute Gasteiger partial charge is 0.248 e. The van der Waals surface area contributed by atoms with Crippen LogP contribution in [0.1, 0.15) is 18.9 Å². The maximum atomic E-state index is 12.7. The van der Waals surface area contributed by atoms with Crippen LogP contribution < -0.4 is 10.2 Å². The molecule has 1 aromatic rings. The Bertz CT molecular complexity index is 679. The van der Waals surface area contributed by atoms with Gasteiger partial charge in [-0.3, -0.25) is 4.79 Å². The molecule has 28 heavy (non-hydrogen) atoms. The van der Waals surface area contributed by atoms with Crippen molar-refractivity contribution in [2.75, 3.05) is 64.6 Å². The maximum Gasteiger partial charge on any atom is 0.248 e. The molecule has 7 heteroatoms. The van der Waals surface area contributed by atoms with E-state index in [1.807, 2.05) is 23.1 Å². The molecule has 1 saturated heterocycles. The van der Waals surface area contributed by atoms with Crippen LogP contribution in [-0.4, -0.2) is 76.4 Å². The quantitative estimate of drug-likeness (QED) is 0.416. The Morgan fingerprint density at radius 3 is 2.96 bits per heavy atom. The van der Waals surface area contributed by atoms with Crippen LogP contribution in [0.5, 0.6) is 0 Å². The van der Waals surface area contributed by atoms with E-state index in [1.165, 1.54) is 5.56 Å². The largest absolute Gasteiger partial charge is 0.382 e. The van der Waals surface area contributed by atoms with Crippen LogP contribution in [0, 0.1) is 5.92 Å². The summed E-state index contributed by atoms with van der Waals surface area (Å²) in [5.41, 5.74) is 2.27. The molecule has 1 unspecified atom stereocenters. The molecule has 7 nitrogen and oxygen atoms in total. The van der Waals surface area contributed by atoms with Gasteiger partial charge in [-0.25, -0.2) is 4.99 Å². The number of anilines is 1. The fraction of sp³-hybridized carbons (Fsp3) is 0.619. The Hall–Kier alpha value is -2.12. The number of fused-ring (bicyclic) bond motifs is 1. The standard InChI is InChI=1S/C21H32N4O3/c1-3-22-21(24-10-8-17(15-24)16-28-13-12-27-2)23-14-20(26)25-11-9-18-6-4-5-7-19(18)25/h4-7,17H,3,8-16H2,1-2H3,(H,22,23). The summed E-state index contributed by atoms with van der Waals surface area (Å²) in [7, 11) is 1.68. The minimum absolute atomic E-state index is 0.0546. The molecule has 2 aliphatic heterocycles. The van der Waals surface area contributed by atoms with Gasteiger partial charge in [-0.05, 0) is 31.4 Å². The van der Waals surface area contributed by atoms with Gasteiger partial charge in [0.15, 0.2) is 5.96 Å². The zero-order chi connectivity index (χ0) is 19.8. The lowest BCUT2D eigenvalue weighted by molar-refractivity contribution is -0.117. The summed E-state index contributed by atoms with van der Waals surface area (Å²) >= 11 is 0. The number of methoxy groups -OCH3 is 1. The molecule has 0 radical (unpaired) electrons. The summed E-state index contributed by atoms with van der Waals surface area (Å²) in [4.78, 5) is 21.5. The minimum atomic E-state index is 0.0546. The molecule has 1 aromatic carbocycles. The molecular formula is C21H32N4O3. The topological polar surface area (TPSA) is 66.4 Å². The van der Waals surface area contributed by atoms with Gasteiger partial charge in [-0.15, -0.1) is 0 Å². The predicted octanol–water partition coefficient (Wildman–Crippen LogP) is 1.53. The number of hydrogen-bond acceptors (Lipinski definition) is 4. The lowest BCUT2D eigenvalue weighted by atomic mass is 10.1. The molecule has 2 heterocycles. The number of guanidine groups is 1. The van der Waals surface area contributed by atoms with Crippen molar-refractivity contribution in [1.29, 1.82) is 0 Å². The van der Waals surface area contributed by atoms with Gasteiger partial charge < -0.3 is 24.6 Å². The van der Waals surface area contributed by atoms with Gasteiger partial charge in [0.1, 0.15) is 6.54 Å². The molecule has 0 aromatic heterocycles. The summed E-state index contributed by atoms with van der Waals surface area (Å²) < 4.78 is 10.7. The van der Waals surface area contributed by atoms with Crippen molar-refractivity contribution in [1.82, 2.24) is 10.2 Å². The maximum absolute atomic E-state index is 12.7. The van der Waals surface area contributed by atoms with Crippen LogP contribution in [0.25, 0.3) is 0 Å². The van der Waals surface area contributed by atoms with Crippen LogP contribution in [0.4, 0.5) is 5.69 Å². The molecule has 2 aliphatic rings. The highest BCUT2D eigenvalue weighted by Gasteiger charge is 2.27. The highest BCUT2D eigenvalue weighted by Crippen LogP contribution is 2.27. The van der Waals surface area contributed by atoms with Gasteiger partial charge in [0.25, 0.3) is 0 Å². The third kappa shape index (κ3) is 5.23. The van der Waals surface area contributed by atoms with E-state index in [9.17, 15) is 4.79 Å². The average Bonchev–Trinajstić information content (AvgIpc) is 3.35. The number of rotatable bonds is 8. The van der Waals surface area contributed by atoms with Gasteiger partial charge >= 0.3 is 0 Å². The van der Waals surface area contributed by atoms with Crippen molar-refractivity contribution in [3.05, 3.63) is 29.8 Å². The summed E-state index contributed by atoms with van der Waals surface area (Å²) in [6.07, 6.45) is 1.99. The molecule has 0 bridgehead atoms. The second-order valence-electron chi connectivity index (χ2n) is 7.26. The zero-order valence-corrected chi connectivity index (χ0v) is 17.0. The van der Waals surface area contributed by atoms with Crippen molar-refractivity contribution in [2.45, 2.75) is 19.8 Å². The Morgan fingerprint density at radius 2 is 2.14 bits per heavy atom. The van der Waals surface area contributed by atoms with Crippen molar-refractivity contribution < 1.29 is 14.3 Å². The molecule has 0 aliphatic carbocycles. The van der Waals surface area contributed by atoms with Crippen LogP contribution in [-0.2, 0) is 20.7 Å². The first-order valence-corrected chi connectivity index (χ1v) is 10.2. The number of ether oxygens (including phenoxy) is 2. The van der Waals surface area contributed by atoms with Crippen LogP contribution in [0.3, 0.4) is 0 Å². The summed E-state index contributed by atoms with van der Waals surface area (Å²) in [5.74, 6) is 1.36. The van der Waals surface area contributed by atoms with Gasteiger partial charge in [0.2, 0.25) is 5.91 Å². The second kappa shape index (κ2) is 10.4. The highest BCUT2D eigenvalue weighted by atomic mass is 16.5. The highest BCUT2D eigenvalue weighted by molar-refractivity contribution is 5.98. The monoisotopic (exact) mass is 388 g/mol. The molecule has 1 fully saturated rings. The number of aliphatic imine (C=N–C) groups is 1. The number of nitrogens with one attached hydrogen (secondary N) is 1. The predicted molar refractivity (Wildman–Crippen MR) is 111 cm³/mol. The van der Waals surface area contributed by atoms with Gasteiger partial charge in [-0.1, -0.05) is 18.2 Å². The number of carbonyl (C=O) groups is 1. The molecule has 1 N–H and O–H groups in total. The normalized spacial score (nSPS) is 19.2. The molecule has 1 amide bonds. The van der Waals surface area contributed by atoms with Gasteiger partial charge in [0.05, 0.1) is 19.8 Å². The number of para-hydroxylation sites is 1. The van der Waals surface area contributed by atoms with Crippen molar-refractivity contribution in [2.24, 2.45) is 10.9 Å². The number of nitrogens with zero attached hydrogens (tertiary/aromatic N) is 3. The van der Waals surface area contributed by atoms with Gasteiger partial charge in [0, 0.05) is 44.9 Å². The molecule has 0 spiro atoms. The number of hydrogen-bond donors (Lipinski definition) is 1. The van der Waals surface area contributed by atoms with E-state index in [0.717, 1.165) is 57.3 Å². The average molecular weight is 389 g/mol. The number of likely N-dealkylation sites (tertiary alicyclic amines) is 1. The van der Waals surface area contributed by atoms with Crippen LogP contribution in [0.15, 0.2) is 29.3 Å². The van der Waals surface area contributed by atoms with E-state index in [4.69, 9.17) is 9.47 Å². The number of carbonyl (C=O) groups excluding carboxylic acids is 1. The van der Waals surface area contributed by atoms with E-state index < -0.39 is 0 Å². The third-order valence-electron chi connectivity index (χ3n) is 5.26. The van der Waals surface area contributed by atoms with E-state index >= 15 is 0 Å². The van der Waals surface area contributed by atoms with Gasteiger partial charge in [-0.2, -0.15) is 0 Å². The minimum Gasteiger partial charge on any atom is -0.382 e. The first kappa shape index (κ1) is 20.6. The lowest BCUT2D eigenvalue weighted by Crippen LogP contribution is -2.41. The zero-order valence-electron chi connectivity index (χ0n) is 17.0. The van der Waals surface area contributed by atoms with Crippen molar-refractivity contribution in [3.63, 3.8) is 0 Å². The lowest BCUT2D eigenvalue weighted by Gasteiger charge is -2.22. The molecule has 3 rings (SSSR count). The van der Waals surface area contributed by atoms with E-state index in [2.05, 4.69) is 28.2 Å². The van der Waals surface area contributed by atoms with Crippen LogP contribution >= 0.6 is 0 Å². The Balaban J connectivity index is 1.54. The molecule has 154 valence electrons. The van der Waals surface area contributed by atoms with E-state index in [1.54, 1.807) is 7.11 Å². The third-order valence-corrected chi connectivity index (χ3v) is 5.26. The second-order valence-corrected chi connectivity index (χ2v) is 7.26. The van der Waals surface area contributed by atoms with Crippen LogP contribution in [0.2, 0.25) is 0 Å². The van der Waals surface area contributed by atoms with E-state index in [-0.39, 0.29) is 12.5 Å². The van der Waals surface area contributed by atoms with Crippen molar-refractivity contribution in [3.8, 4) is 0 Å². The van der Waals surface area contributed by atoms with Crippen molar-refractivity contribution >= 4 is 17.6 Å². The first-order chi connectivity index (χ1) is 13.7. The number of amides is 1. The Labute approximate surface area is 167 Å². The molecular weight excluding hydrogens is 356 g/mol. The fourth-order valence-electron chi connectivity index (χ4n) is 3.80. The summed E-state index contributed by atoms with van der Waals surface area (Å²) in [5, 5.41) is 3.33. The SMILES string of the molecule is CCNC(=NCC(=O)N1CCc2ccccc21)N1CCC(COCCOC)C1. The Kier molecular flexibility index (Phi) is 7.68. The molecule has 0 saturated carbocycles. The number of benzene rings is 1. The fourth-order valence-corrected chi connectivity index (χ4v) is 3.80.